The summed E-state index contributed by atoms with van der Waals surface area (Å²) in [6.07, 6.45) is 3.28. The second kappa shape index (κ2) is 8.38. The number of nitrogens with one attached hydrogen (secondary N) is 1. The lowest BCUT2D eigenvalue weighted by Crippen LogP contribution is -2.48. The van der Waals surface area contributed by atoms with E-state index in [9.17, 15) is 4.79 Å². The van der Waals surface area contributed by atoms with Crippen LogP contribution in [0.1, 0.15) is 17.3 Å². The molecule has 1 fully saturated rings. The zero-order valence-corrected chi connectivity index (χ0v) is 15.8. The molecule has 0 bridgehead atoms. The van der Waals surface area contributed by atoms with E-state index in [0.29, 0.717) is 22.0 Å². The van der Waals surface area contributed by atoms with Gasteiger partial charge in [0.25, 0.3) is 5.91 Å². The first kappa shape index (κ1) is 18.5. The van der Waals surface area contributed by atoms with Gasteiger partial charge in [-0.2, -0.15) is 0 Å². The van der Waals surface area contributed by atoms with Crippen molar-refractivity contribution in [3.8, 4) is 5.75 Å². The van der Waals surface area contributed by atoms with Crippen LogP contribution in [-0.2, 0) is 0 Å². The van der Waals surface area contributed by atoms with E-state index in [0.717, 1.165) is 38.4 Å². The van der Waals surface area contributed by atoms with E-state index in [1.807, 2.05) is 11.0 Å². The zero-order chi connectivity index (χ0) is 18.5. The SMILES string of the molecule is CCN1CCN(C(=O)c2cncc(Nc3cc(Cl)ccc3OC)c2)CC1. The Morgan fingerprint density at radius 1 is 1.23 bits per heavy atom. The Hall–Kier alpha value is -2.31. The van der Waals surface area contributed by atoms with Crippen molar-refractivity contribution in [2.45, 2.75) is 6.92 Å². The molecule has 1 aliphatic heterocycles. The predicted molar refractivity (Wildman–Crippen MR) is 104 cm³/mol. The number of hydrogen-bond donors (Lipinski definition) is 1. The maximum absolute atomic E-state index is 12.8. The molecule has 0 spiro atoms. The molecule has 0 atom stereocenters. The monoisotopic (exact) mass is 374 g/mol. The summed E-state index contributed by atoms with van der Waals surface area (Å²) >= 11 is 6.07. The Labute approximate surface area is 158 Å². The fourth-order valence-electron chi connectivity index (χ4n) is 3.01. The maximum Gasteiger partial charge on any atom is 0.255 e. The number of likely N-dealkylation sites (N-methyl/N-ethyl adjacent to an activating group) is 1. The number of methoxy groups -OCH3 is 1. The lowest BCUT2D eigenvalue weighted by Gasteiger charge is -2.34. The minimum atomic E-state index is 0.00922. The molecule has 26 heavy (non-hydrogen) atoms. The van der Waals surface area contributed by atoms with Gasteiger partial charge in [-0.25, -0.2) is 0 Å². The summed E-state index contributed by atoms with van der Waals surface area (Å²) in [5, 5.41) is 3.83. The van der Waals surface area contributed by atoms with Crippen LogP contribution in [-0.4, -0.2) is 60.5 Å². The molecule has 0 aliphatic carbocycles. The fourth-order valence-corrected chi connectivity index (χ4v) is 3.18. The highest BCUT2D eigenvalue weighted by Crippen LogP contribution is 2.30. The van der Waals surface area contributed by atoms with Crippen LogP contribution in [0.25, 0.3) is 0 Å². The third-order valence-corrected chi connectivity index (χ3v) is 4.77. The van der Waals surface area contributed by atoms with Crippen LogP contribution < -0.4 is 10.1 Å². The number of amides is 1. The number of carbonyl (C=O) groups is 1. The molecule has 2 heterocycles. The van der Waals surface area contributed by atoms with Gasteiger partial charge in [0, 0.05) is 37.4 Å². The van der Waals surface area contributed by atoms with Crippen LogP contribution in [0.3, 0.4) is 0 Å². The number of halogens is 1. The van der Waals surface area contributed by atoms with Gasteiger partial charge in [0.05, 0.1) is 30.2 Å². The molecule has 0 radical (unpaired) electrons. The first-order valence-corrected chi connectivity index (χ1v) is 9.05. The number of aromatic nitrogens is 1. The first-order chi connectivity index (χ1) is 12.6. The molecule has 1 aromatic carbocycles. The van der Waals surface area contributed by atoms with Gasteiger partial charge in [-0.05, 0) is 30.8 Å². The third-order valence-electron chi connectivity index (χ3n) is 4.53. The Morgan fingerprint density at radius 2 is 2.00 bits per heavy atom. The van der Waals surface area contributed by atoms with Gasteiger partial charge < -0.3 is 19.9 Å². The molecule has 2 aromatic rings. The number of carbonyl (C=O) groups excluding carboxylic acids is 1. The van der Waals surface area contributed by atoms with Crippen molar-refractivity contribution in [2.24, 2.45) is 0 Å². The molecule has 1 aliphatic rings. The number of hydrogen-bond acceptors (Lipinski definition) is 5. The molecular formula is C19H23ClN4O2. The van der Waals surface area contributed by atoms with Gasteiger partial charge in [-0.1, -0.05) is 18.5 Å². The van der Waals surface area contributed by atoms with Crippen molar-refractivity contribution in [2.75, 3.05) is 45.2 Å². The Bertz CT molecular complexity index is 776. The second-order valence-electron chi connectivity index (χ2n) is 6.16. The lowest BCUT2D eigenvalue weighted by molar-refractivity contribution is 0.0643. The average Bonchev–Trinajstić information content (AvgIpc) is 2.68. The highest BCUT2D eigenvalue weighted by Gasteiger charge is 2.21. The van der Waals surface area contributed by atoms with Crippen LogP contribution in [0.5, 0.6) is 5.75 Å². The molecule has 1 aromatic heterocycles. The molecule has 0 unspecified atom stereocenters. The predicted octanol–water partition coefficient (Wildman–Crippen LogP) is 3.26. The summed E-state index contributed by atoms with van der Waals surface area (Å²) in [4.78, 5) is 21.2. The van der Waals surface area contributed by atoms with E-state index in [-0.39, 0.29) is 5.91 Å². The van der Waals surface area contributed by atoms with Crippen LogP contribution in [0.15, 0.2) is 36.7 Å². The summed E-state index contributed by atoms with van der Waals surface area (Å²) in [6.45, 7) is 6.46. The number of rotatable bonds is 5. The standard InChI is InChI=1S/C19H23ClN4O2/c1-3-23-6-8-24(9-7-23)19(25)14-10-16(13-21-12-14)22-17-11-15(20)4-5-18(17)26-2/h4-5,10-13,22H,3,6-9H2,1-2H3. The second-order valence-corrected chi connectivity index (χ2v) is 6.59. The molecular weight excluding hydrogens is 352 g/mol. The van der Waals surface area contributed by atoms with Gasteiger partial charge in [0.2, 0.25) is 0 Å². The van der Waals surface area contributed by atoms with Crippen LogP contribution >= 0.6 is 11.6 Å². The largest absolute Gasteiger partial charge is 0.495 e. The minimum absolute atomic E-state index is 0.00922. The quantitative estimate of drug-likeness (QED) is 0.870. The van der Waals surface area contributed by atoms with E-state index in [4.69, 9.17) is 16.3 Å². The van der Waals surface area contributed by atoms with E-state index in [2.05, 4.69) is 22.1 Å². The Balaban J connectivity index is 1.74. The smallest absolute Gasteiger partial charge is 0.255 e. The normalized spacial score (nSPS) is 15.0. The average molecular weight is 375 g/mol. The number of anilines is 2. The molecule has 1 amide bonds. The Kier molecular flexibility index (Phi) is 5.96. The number of nitrogens with zero attached hydrogens (tertiary/aromatic N) is 3. The molecule has 1 saturated heterocycles. The fraction of sp³-hybridized carbons (Fsp3) is 0.368. The topological polar surface area (TPSA) is 57.7 Å². The molecule has 6 nitrogen and oxygen atoms in total. The van der Waals surface area contributed by atoms with E-state index >= 15 is 0 Å². The van der Waals surface area contributed by atoms with Crippen molar-refractivity contribution >= 4 is 28.9 Å². The molecule has 7 heteroatoms. The van der Waals surface area contributed by atoms with Gasteiger partial charge in [0.1, 0.15) is 5.75 Å². The summed E-state index contributed by atoms with van der Waals surface area (Å²) in [5.41, 5.74) is 2.01. The molecule has 3 rings (SSSR count). The molecule has 1 N–H and O–H groups in total. The van der Waals surface area contributed by atoms with E-state index in [1.54, 1.807) is 37.7 Å². The van der Waals surface area contributed by atoms with Crippen molar-refractivity contribution in [3.63, 3.8) is 0 Å². The highest BCUT2D eigenvalue weighted by molar-refractivity contribution is 6.31. The van der Waals surface area contributed by atoms with Crippen molar-refractivity contribution in [1.29, 1.82) is 0 Å². The third kappa shape index (κ3) is 4.26. The number of piperazine rings is 1. The van der Waals surface area contributed by atoms with Gasteiger partial charge in [-0.15, -0.1) is 0 Å². The summed E-state index contributed by atoms with van der Waals surface area (Å²) < 4.78 is 5.34. The summed E-state index contributed by atoms with van der Waals surface area (Å²) in [6, 6.07) is 7.14. The van der Waals surface area contributed by atoms with Crippen LogP contribution in [0.2, 0.25) is 5.02 Å². The number of benzene rings is 1. The van der Waals surface area contributed by atoms with E-state index < -0.39 is 0 Å². The summed E-state index contributed by atoms with van der Waals surface area (Å²) in [5.74, 6) is 0.678. The lowest BCUT2D eigenvalue weighted by atomic mass is 10.2. The van der Waals surface area contributed by atoms with Crippen molar-refractivity contribution in [1.82, 2.24) is 14.8 Å². The number of pyridine rings is 1. The van der Waals surface area contributed by atoms with Crippen molar-refractivity contribution in [3.05, 3.63) is 47.2 Å². The van der Waals surface area contributed by atoms with Gasteiger partial charge >= 0.3 is 0 Å². The first-order valence-electron chi connectivity index (χ1n) is 8.68. The van der Waals surface area contributed by atoms with Crippen molar-refractivity contribution < 1.29 is 9.53 Å². The Morgan fingerprint density at radius 3 is 2.69 bits per heavy atom. The summed E-state index contributed by atoms with van der Waals surface area (Å²) in [7, 11) is 1.60. The van der Waals surface area contributed by atoms with E-state index in [1.165, 1.54) is 0 Å². The van der Waals surface area contributed by atoms with Gasteiger partial charge in [0.15, 0.2) is 0 Å². The maximum atomic E-state index is 12.8. The molecule has 0 saturated carbocycles. The van der Waals surface area contributed by atoms with Crippen LogP contribution in [0.4, 0.5) is 11.4 Å². The number of ether oxygens (including phenoxy) is 1. The minimum Gasteiger partial charge on any atom is -0.495 e. The highest BCUT2D eigenvalue weighted by atomic mass is 35.5. The van der Waals surface area contributed by atoms with Crippen LogP contribution in [0, 0.1) is 0 Å². The molecule has 138 valence electrons. The van der Waals surface area contributed by atoms with Gasteiger partial charge in [-0.3, -0.25) is 9.78 Å². The zero-order valence-electron chi connectivity index (χ0n) is 15.0.